The number of alkyl halides is 1. The summed E-state index contributed by atoms with van der Waals surface area (Å²) in [7, 11) is 1.59. The van der Waals surface area contributed by atoms with Gasteiger partial charge in [0.25, 0.3) is 0 Å². The molecule has 0 aliphatic heterocycles. The minimum atomic E-state index is 0.440. The van der Waals surface area contributed by atoms with E-state index in [0.29, 0.717) is 11.8 Å². The van der Waals surface area contributed by atoms with Crippen molar-refractivity contribution in [3.63, 3.8) is 0 Å². The highest BCUT2D eigenvalue weighted by atomic mass is 127. The van der Waals surface area contributed by atoms with Crippen LogP contribution in [-0.2, 0) is 5.88 Å². The SMILES string of the molecule is COc1nccc(I)c1CCl. The number of methoxy groups -OCH3 is 1. The van der Waals surface area contributed by atoms with Gasteiger partial charge >= 0.3 is 0 Å². The molecule has 0 saturated heterocycles. The predicted molar refractivity (Wildman–Crippen MR) is 53.1 cm³/mol. The lowest BCUT2D eigenvalue weighted by Gasteiger charge is -2.04. The van der Waals surface area contributed by atoms with Gasteiger partial charge in [0.05, 0.1) is 13.0 Å². The zero-order valence-electron chi connectivity index (χ0n) is 5.97. The molecule has 0 bridgehead atoms. The Morgan fingerprint density at radius 2 is 2.45 bits per heavy atom. The highest BCUT2D eigenvalue weighted by Crippen LogP contribution is 2.22. The minimum absolute atomic E-state index is 0.440. The molecule has 1 rings (SSSR count). The van der Waals surface area contributed by atoms with E-state index in [-0.39, 0.29) is 0 Å². The Balaban J connectivity index is 3.13. The van der Waals surface area contributed by atoms with E-state index in [1.165, 1.54) is 0 Å². The second-order valence-electron chi connectivity index (χ2n) is 1.91. The third-order valence-electron chi connectivity index (χ3n) is 1.29. The van der Waals surface area contributed by atoms with Crippen molar-refractivity contribution >= 4 is 34.2 Å². The van der Waals surface area contributed by atoms with Crippen molar-refractivity contribution in [1.29, 1.82) is 0 Å². The first-order valence-electron chi connectivity index (χ1n) is 3.03. The van der Waals surface area contributed by atoms with Crippen LogP contribution in [0.5, 0.6) is 5.88 Å². The zero-order valence-corrected chi connectivity index (χ0v) is 8.89. The summed E-state index contributed by atoms with van der Waals surface area (Å²) < 4.78 is 6.10. The molecule has 0 radical (unpaired) electrons. The molecule has 0 aliphatic carbocycles. The molecule has 0 N–H and O–H groups in total. The molecular formula is C7H7ClINO. The first-order chi connectivity index (χ1) is 5.29. The van der Waals surface area contributed by atoms with E-state index in [9.17, 15) is 0 Å². The van der Waals surface area contributed by atoms with Crippen LogP contribution in [0.25, 0.3) is 0 Å². The van der Waals surface area contributed by atoms with E-state index < -0.39 is 0 Å². The Bertz CT molecular complexity index is 254. The van der Waals surface area contributed by atoms with E-state index in [1.54, 1.807) is 13.3 Å². The van der Waals surface area contributed by atoms with E-state index in [2.05, 4.69) is 27.6 Å². The standard InChI is InChI=1S/C7H7ClINO/c1-11-7-5(4-8)6(9)2-3-10-7/h2-3H,4H2,1H3. The lowest BCUT2D eigenvalue weighted by molar-refractivity contribution is 0.393. The van der Waals surface area contributed by atoms with Gasteiger partial charge < -0.3 is 4.74 Å². The molecule has 4 heteroatoms. The summed E-state index contributed by atoms with van der Waals surface area (Å²) in [6.45, 7) is 0. The molecule has 0 fully saturated rings. The first-order valence-corrected chi connectivity index (χ1v) is 4.64. The van der Waals surface area contributed by atoms with Crippen molar-refractivity contribution in [2.45, 2.75) is 5.88 Å². The molecule has 1 heterocycles. The van der Waals surface area contributed by atoms with Gasteiger partial charge in [-0.15, -0.1) is 11.6 Å². The van der Waals surface area contributed by atoms with Crippen LogP contribution in [0, 0.1) is 3.57 Å². The third kappa shape index (κ3) is 1.96. The Labute approximate surface area is 84.1 Å². The van der Waals surface area contributed by atoms with Gasteiger partial charge in [0.1, 0.15) is 0 Å². The molecule has 0 amide bonds. The number of ether oxygens (including phenoxy) is 1. The Kier molecular flexibility index (Phi) is 3.39. The van der Waals surface area contributed by atoms with Gasteiger partial charge in [0.2, 0.25) is 5.88 Å². The number of nitrogens with zero attached hydrogens (tertiary/aromatic N) is 1. The highest BCUT2D eigenvalue weighted by molar-refractivity contribution is 14.1. The monoisotopic (exact) mass is 283 g/mol. The van der Waals surface area contributed by atoms with Gasteiger partial charge in [-0.3, -0.25) is 0 Å². The molecule has 0 atom stereocenters. The summed E-state index contributed by atoms with van der Waals surface area (Å²) in [4.78, 5) is 4.02. The number of rotatable bonds is 2. The van der Waals surface area contributed by atoms with Crippen molar-refractivity contribution in [3.05, 3.63) is 21.4 Å². The molecule has 11 heavy (non-hydrogen) atoms. The Morgan fingerprint density at radius 1 is 1.73 bits per heavy atom. The van der Waals surface area contributed by atoms with Crippen molar-refractivity contribution in [1.82, 2.24) is 4.98 Å². The number of halogens is 2. The number of aromatic nitrogens is 1. The van der Waals surface area contributed by atoms with Crippen molar-refractivity contribution in [2.75, 3.05) is 7.11 Å². The van der Waals surface area contributed by atoms with Crippen LogP contribution in [0.4, 0.5) is 0 Å². The van der Waals surface area contributed by atoms with Crippen LogP contribution in [-0.4, -0.2) is 12.1 Å². The average Bonchev–Trinajstić information content (AvgIpc) is 2.04. The summed E-state index contributed by atoms with van der Waals surface area (Å²) in [5.41, 5.74) is 0.956. The largest absolute Gasteiger partial charge is 0.481 e. The fraction of sp³-hybridized carbons (Fsp3) is 0.286. The summed E-state index contributed by atoms with van der Waals surface area (Å²) in [6, 6.07) is 1.90. The lowest BCUT2D eigenvalue weighted by atomic mass is 10.3. The highest BCUT2D eigenvalue weighted by Gasteiger charge is 2.05. The lowest BCUT2D eigenvalue weighted by Crippen LogP contribution is -1.94. The second-order valence-corrected chi connectivity index (χ2v) is 3.34. The van der Waals surface area contributed by atoms with Gasteiger partial charge in [0.15, 0.2) is 0 Å². The molecule has 2 nitrogen and oxygen atoms in total. The summed E-state index contributed by atoms with van der Waals surface area (Å²) in [5, 5.41) is 0. The van der Waals surface area contributed by atoms with Crippen LogP contribution >= 0.6 is 34.2 Å². The van der Waals surface area contributed by atoms with E-state index in [1.807, 2.05) is 6.07 Å². The van der Waals surface area contributed by atoms with Crippen molar-refractivity contribution in [2.24, 2.45) is 0 Å². The van der Waals surface area contributed by atoms with Crippen LogP contribution in [0.3, 0.4) is 0 Å². The summed E-state index contributed by atoms with van der Waals surface area (Å²) in [6.07, 6.45) is 1.71. The van der Waals surface area contributed by atoms with E-state index in [4.69, 9.17) is 16.3 Å². The molecule has 0 aliphatic rings. The molecule has 0 aromatic carbocycles. The second kappa shape index (κ2) is 4.11. The quantitative estimate of drug-likeness (QED) is 0.614. The Hall–Kier alpha value is -0.0300. The van der Waals surface area contributed by atoms with Crippen LogP contribution in [0.2, 0.25) is 0 Å². The fourth-order valence-corrected chi connectivity index (χ4v) is 1.81. The number of hydrogen-bond acceptors (Lipinski definition) is 2. The smallest absolute Gasteiger partial charge is 0.218 e. The maximum absolute atomic E-state index is 5.69. The van der Waals surface area contributed by atoms with Gasteiger partial charge in [-0.1, -0.05) is 0 Å². The average molecular weight is 283 g/mol. The normalized spacial score (nSPS) is 9.73. The maximum atomic E-state index is 5.69. The van der Waals surface area contributed by atoms with Gasteiger partial charge in [0, 0.05) is 15.3 Å². The molecular weight excluding hydrogens is 276 g/mol. The topological polar surface area (TPSA) is 22.1 Å². The van der Waals surface area contributed by atoms with Crippen molar-refractivity contribution < 1.29 is 4.74 Å². The van der Waals surface area contributed by atoms with Crippen LogP contribution < -0.4 is 4.74 Å². The zero-order chi connectivity index (χ0) is 8.27. The van der Waals surface area contributed by atoms with Crippen molar-refractivity contribution in [3.8, 4) is 5.88 Å². The van der Waals surface area contributed by atoms with Gasteiger partial charge in [-0.05, 0) is 28.7 Å². The minimum Gasteiger partial charge on any atom is -0.481 e. The fourth-order valence-electron chi connectivity index (χ4n) is 0.748. The van der Waals surface area contributed by atoms with E-state index in [0.717, 1.165) is 9.13 Å². The summed E-state index contributed by atoms with van der Waals surface area (Å²) >= 11 is 7.90. The van der Waals surface area contributed by atoms with Gasteiger partial charge in [-0.2, -0.15) is 0 Å². The van der Waals surface area contributed by atoms with E-state index >= 15 is 0 Å². The summed E-state index contributed by atoms with van der Waals surface area (Å²) in [5.74, 6) is 1.06. The third-order valence-corrected chi connectivity index (χ3v) is 2.56. The molecule has 0 unspecified atom stereocenters. The Morgan fingerprint density at radius 3 is 2.91 bits per heavy atom. The first kappa shape index (κ1) is 9.06. The number of hydrogen-bond donors (Lipinski definition) is 0. The van der Waals surface area contributed by atoms with Crippen LogP contribution in [0.15, 0.2) is 12.3 Å². The maximum Gasteiger partial charge on any atom is 0.218 e. The molecule has 0 saturated carbocycles. The van der Waals surface area contributed by atoms with Crippen LogP contribution in [0.1, 0.15) is 5.56 Å². The predicted octanol–water partition coefficient (Wildman–Crippen LogP) is 2.43. The molecule has 60 valence electrons. The molecule has 1 aromatic rings. The molecule has 1 aromatic heterocycles. The van der Waals surface area contributed by atoms with Gasteiger partial charge in [-0.25, -0.2) is 4.98 Å². The number of pyridine rings is 1. The molecule has 0 spiro atoms.